The van der Waals surface area contributed by atoms with Gasteiger partial charge in [0.05, 0.1) is 0 Å². The third-order valence-electron chi connectivity index (χ3n) is 3.95. The summed E-state index contributed by atoms with van der Waals surface area (Å²) in [5, 5.41) is 2.97. The van der Waals surface area contributed by atoms with Crippen LogP contribution in [0.1, 0.15) is 32.1 Å². The zero-order valence-corrected chi connectivity index (χ0v) is 12.6. The number of para-hydroxylation sites is 1. The predicted octanol–water partition coefficient (Wildman–Crippen LogP) is 2.20. The summed E-state index contributed by atoms with van der Waals surface area (Å²) in [4.78, 5) is 18.1. The molecule has 5 heteroatoms. The summed E-state index contributed by atoms with van der Waals surface area (Å²) in [5.41, 5.74) is 6.67. The Balaban J connectivity index is 1.82. The summed E-state index contributed by atoms with van der Waals surface area (Å²) in [6.07, 6.45) is 5.91. The van der Waals surface area contributed by atoms with Gasteiger partial charge in [-0.25, -0.2) is 4.99 Å². The number of carbonyl (C=O) groups is 1. The molecule has 0 radical (unpaired) electrons. The lowest BCUT2D eigenvalue weighted by molar-refractivity contribution is -0.130. The largest absolute Gasteiger partial charge is 0.370 e. The van der Waals surface area contributed by atoms with Crippen molar-refractivity contribution in [2.75, 3.05) is 18.9 Å². The Morgan fingerprint density at radius 3 is 2.62 bits per heavy atom. The van der Waals surface area contributed by atoms with Crippen molar-refractivity contribution in [1.82, 2.24) is 4.90 Å². The Kier molecular flexibility index (Phi) is 5.60. The van der Waals surface area contributed by atoms with Gasteiger partial charge in [-0.3, -0.25) is 4.79 Å². The van der Waals surface area contributed by atoms with E-state index in [1.54, 1.807) is 0 Å². The second-order valence-electron chi connectivity index (χ2n) is 5.49. The van der Waals surface area contributed by atoms with Crippen molar-refractivity contribution in [3.05, 3.63) is 30.3 Å². The predicted molar refractivity (Wildman–Crippen MR) is 86.2 cm³/mol. The normalized spacial score (nSPS) is 16.5. The first-order valence-electron chi connectivity index (χ1n) is 7.54. The Morgan fingerprint density at radius 1 is 1.29 bits per heavy atom. The number of anilines is 1. The first-order valence-corrected chi connectivity index (χ1v) is 7.54. The number of hydrogen-bond donors (Lipinski definition) is 2. The number of amides is 1. The van der Waals surface area contributed by atoms with Crippen LogP contribution in [0.2, 0.25) is 0 Å². The van der Waals surface area contributed by atoms with Crippen LogP contribution >= 0.6 is 0 Å². The minimum Gasteiger partial charge on any atom is -0.370 e. The van der Waals surface area contributed by atoms with E-state index in [2.05, 4.69) is 10.3 Å². The summed E-state index contributed by atoms with van der Waals surface area (Å²) in [5.74, 6) is 0.298. The van der Waals surface area contributed by atoms with E-state index in [0.717, 1.165) is 18.5 Å². The summed E-state index contributed by atoms with van der Waals surface area (Å²) in [6, 6.07) is 9.93. The van der Waals surface area contributed by atoms with Crippen molar-refractivity contribution >= 4 is 17.6 Å². The van der Waals surface area contributed by atoms with Crippen molar-refractivity contribution in [3.8, 4) is 0 Å². The first kappa shape index (κ1) is 15.4. The molecule has 0 aromatic heterocycles. The average molecular weight is 288 g/mol. The van der Waals surface area contributed by atoms with Gasteiger partial charge >= 0.3 is 0 Å². The van der Waals surface area contributed by atoms with Crippen molar-refractivity contribution in [2.45, 2.75) is 38.1 Å². The maximum Gasteiger partial charge on any atom is 0.244 e. The molecule has 0 aliphatic heterocycles. The zero-order valence-electron chi connectivity index (χ0n) is 12.6. The number of hydrogen-bond acceptors (Lipinski definition) is 2. The number of nitrogens with two attached hydrogens (primary N) is 1. The molecule has 0 bridgehead atoms. The monoisotopic (exact) mass is 288 g/mol. The number of carbonyl (C=O) groups excluding carboxylic acids is 1. The Morgan fingerprint density at radius 2 is 1.95 bits per heavy atom. The molecule has 2 rings (SSSR count). The fourth-order valence-electron chi connectivity index (χ4n) is 2.65. The van der Waals surface area contributed by atoms with E-state index >= 15 is 0 Å². The van der Waals surface area contributed by atoms with Gasteiger partial charge in [0.2, 0.25) is 5.91 Å². The number of nitrogens with zero attached hydrogens (tertiary/aromatic N) is 2. The Labute approximate surface area is 126 Å². The standard InChI is InChI=1S/C16H24N4O/c1-20(14-10-6-3-7-11-14)15(21)12-18-16(17)19-13-8-4-2-5-9-13/h2,4-5,8-9,14H,3,6-7,10-12H2,1H3,(H3,17,18,19). The lowest BCUT2D eigenvalue weighted by atomic mass is 9.94. The third-order valence-corrected chi connectivity index (χ3v) is 3.95. The number of aliphatic imine (C=N–C) groups is 1. The minimum absolute atomic E-state index is 0.0275. The highest BCUT2D eigenvalue weighted by atomic mass is 16.2. The molecule has 0 unspecified atom stereocenters. The van der Waals surface area contributed by atoms with Gasteiger partial charge in [0.15, 0.2) is 5.96 Å². The molecule has 114 valence electrons. The van der Waals surface area contributed by atoms with Crippen LogP contribution in [0.5, 0.6) is 0 Å². The molecule has 5 nitrogen and oxygen atoms in total. The van der Waals surface area contributed by atoms with Gasteiger partial charge in [0.25, 0.3) is 0 Å². The van der Waals surface area contributed by atoms with E-state index in [0.29, 0.717) is 6.04 Å². The number of rotatable bonds is 4. The van der Waals surface area contributed by atoms with E-state index < -0.39 is 0 Å². The molecular formula is C16H24N4O. The highest BCUT2D eigenvalue weighted by molar-refractivity contribution is 5.93. The lowest BCUT2D eigenvalue weighted by Gasteiger charge is -2.30. The van der Waals surface area contributed by atoms with Crippen molar-refractivity contribution in [3.63, 3.8) is 0 Å². The molecule has 1 aliphatic rings. The number of likely N-dealkylation sites (N-methyl/N-ethyl adjacent to an activating group) is 1. The molecule has 0 saturated heterocycles. The van der Waals surface area contributed by atoms with Crippen LogP contribution in [0.25, 0.3) is 0 Å². The van der Waals surface area contributed by atoms with E-state index in [-0.39, 0.29) is 18.4 Å². The van der Waals surface area contributed by atoms with Crippen LogP contribution in [-0.4, -0.2) is 36.4 Å². The summed E-state index contributed by atoms with van der Waals surface area (Å²) in [7, 11) is 1.87. The second-order valence-corrected chi connectivity index (χ2v) is 5.49. The molecule has 0 spiro atoms. The fraction of sp³-hybridized carbons (Fsp3) is 0.500. The molecule has 3 N–H and O–H groups in total. The summed E-state index contributed by atoms with van der Waals surface area (Å²) in [6.45, 7) is 0.0959. The van der Waals surface area contributed by atoms with Crippen LogP contribution < -0.4 is 11.1 Å². The first-order chi connectivity index (χ1) is 10.2. The zero-order chi connectivity index (χ0) is 15.1. The lowest BCUT2D eigenvalue weighted by Crippen LogP contribution is -2.40. The van der Waals surface area contributed by atoms with E-state index in [1.165, 1.54) is 19.3 Å². The smallest absolute Gasteiger partial charge is 0.244 e. The molecule has 0 heterocycles. The third kappa shape index (κ3) is 4.77. The van der Waals surface area contributed by atoms with Crippen LogP contribution in [0.15, 0.2) is 35.3 Å². The number of benzene rings is 1. The SMILES string of the molecule is CN(C(=O)CN=C(N)Nc1ccccc1)C1CCCCC1. The molecule has 1 aromatic carbocycles. The number of guanidine groups is 1. The fourth-order valence-corrected chi connectivity index (χ4v) is 2.65. The average Bonchev–Trinajstić information content (AvgIpc) is 2.53. The highest BCUT2D eigenvalue weighted by Crippen LogP contribution is 2.21. The van der Waals surface area contributed by atoms with Gasteiger partial charge in [-0.15, -0.1) is 0 Å². The summed E-state index contributed by atoms with van der Waals surface area (Å²) >= 11 is 0. The van der Waals surface area contributed by atoms with Crippen LogP contribution in [0.4, 0.5) is 5.69 Å². The van der Waals surface area contributed by atoms with E-state index in [4.69, 9.17) is 5.73 Å². The molecule has 21 heavy (non-hydrogen) atoms. The van der Waals surface area contributed by atoms with Gasteiger partial charge < -0.3 is 16.0 Å². The van der Waals surface area contributed by atoms with Crippen LogP contribution in [0, 0.1) is 0 Å². The van der Waals surface area contributed by atoms with Gasteiger partial charge in [-0.1, -0.05) is 37.5 Å². The summed E-state index contributed by atoms with van der Waals surface area (Å²) < 4.78 is 0. The molecule has 0 atom stereocenters. The highest BCUT2D eigenvalue weighted by Gasteiger charge is 2.21. The van der Waals surface area contributed by atoms with Crippen LogP contribution in [0.3, 0.4) is 0 Å². The van der Waals surface area contributed by atoms with Gasteiger partial charge in [-0.2, -0.15) is 0 Å². The molecule has 1 saturated carbocycles. The molecule has 1 amide bonds. The van der Waals surface area contributed by atoms with Gasteiger partial charge in [-0.05, 0) is 25.0 Å². The molecule has 1 fully saturated rings. The van der Waals surface area contributed by atoms with Gasteiger partial charge in [0, 0.05) is 18.8 Å². The number of nitrogens with one attached hydrogen (secondary N) is 1. The minimum atomic E-state index is 0.0275. The van der Waals surface area contributed by atoms with E-state index in [1.807, 2.05) is 42.3 Å². The quantitative estimate of drug-likeness (QED) is 0.659. The molecular weight excluding hydrogens is 264 g/mol. The Bertz CT molecular complexity index is 480. The maximum absolute atomic E-state index is 12.1. The second kappa shape index (κ2) is 7.67. The van der Waals surface area contributed by atoms with Crippen molar-refractivity contribution in [2.24, 2.45) is 10.7 Å². The van der Waals surface area contributed by atoms with E-state index in [9.17, 15) is 4.79 Å². The van der Waals surface area contributed by atoms with Crippen molar-refractivity contribution in [1.29, 1.82) is 0 Å². The molecule has 1 aromatic rings. The Hall–Kier alpha value is -2.04. The molecule has 1 aliphatic carbocycles. The topological polar surface area (TPSA) is 70.7 Å². The van der Waals surface area contributed by atoms with Gasteiger partial charge in [0.1, 0.15) is 6.54 Å². The van der Waals surface area contributed by atoms with Crippen molar-refractivity contribution < 1.29 is 4.79 Å². The van der Waals surface area contributed by atoms with Crippen LogP contribution in [-0.2, 0) is 4.79 Å². The maximum atomic E-state index is 12.1.